The van der Waals surface area contributed by atoms with Gasteiger partial charge in [0, 0.05) is 0 Å². The number of nitrogens with two attached hydrogens (primary N) is 1. The molecule has 8 N–H and O–H groups in total. The van der Waals surface area contributed by atoms with E-state index in [1.165, 1.54) is 6.92 Å². The molecule has 0 heterocycles. The predicted octanol–water partition coefficient (Wildman–Crippen LogP) is -2.61. The van der Waals surface area contributed by atoms with Gasteiger partial charge in [0.25, 0.3) is 0 Å². The zero-order chi connectivity index (χ0) is 22.0. The van der Waals surface area contributed by atoms with Crippen molar-refractivity contribution in [2.24, 2.45) is 11.7 Å². The SMILES string of the molecule is CCC(C)C(NC(=O)CNC(=O)C(N)C(C)O)C(=O)NC(CC(=O)O)C(=O)O. The monoisotopic (exact) mass is 404 g/mol. The molecule has 0 spiro atoms. The summed E-state index contributed by atoms with van der Waals surface area (Å²) in [4.78, 5) is 57.9. The van der Waals surface area contributed by atoms with Crippen LogP contribution in [0.3, 0.4) is 0 Å². The summed E-state index contributed by atoms with van der Waals surface area (Å²) in [5, 5.41) is 33.7. The number of carbonyl (C=O) groups is 5. The van der Waals surface area contributed by atoms with Crippen molar-refractivity contribution in [3.05, 3.63) is 0 Å². The van der Waals surface area contributed by atoms with Crippen LogP contribution in [0, 0.1) is 5.92 Å². The molecule has 0 bridgehead atoms. The second-order valence-corrected chi connectivity index (χ2v) is 6.41. The molecule has 0 radical (unpaired) electrons. The van der Waals surface area contributed by atoms with Crippen molar-refractivity contribution in [2.75, 3.05) is 6.54 Å². The topological polar surface area (TPSA) is 208 Å². The molecule has 12 heteroatoms. The van der Waals surface area contributed by atoms with Gasteiger partial charge in [0.05, 0.1) is 19.1 Å². The Morgan fingerprint density at radius 3 is 2.00 bits per heavy atom. The fourth-order valence-corrected chi connectivity index (χ4v) is 2.07. The first-order chi connectivity index (χ1) is 12.9. The molecular formula is C16H28N4O8. The van der Waals surface area contributed by atoms with Crippen LogP contribution in [0.4, 0.5) is 0 Å². The number of amides is 3. The number of hydrogen-bond acceptors (Lipinski definition) is 7. The van der Waals surface area contributed by atoms with Crippen molar-refractivity contribution >= 4 is 29.7 Å². The summed E-state index contributed by atoms with van der Waals surface area (Å²) in [6.07, 6.45) is -1.49. The number of carboxylic acid groups (broad SMARTS) is 2. The lowest BCUT2D eigenvalue weighted by Crippen LogP contribution is -2.56. The molecule has 5 atom stereocenters. The quantitative estimate of drug-likeness (QED) is 0.181. The summed E-state index contributed by atoms with van der Waals surface area (Å²) in [7, 11) is 0. The minimum Gasteiger partial charge on any atom is -0.481 e. The van der Waals surface area contributed by atoms with Crippen LogP contribution >= 0.6 is 0 Å². The van der Waals surface area contributed by atoms with Crippen LogP contribution in [0.15, 0.2) is 0 Å². The molecule has 0 aromatic carbocycles. The van der Waals surface area contributed by atoms with Crippen molar-refractivity contribution < 1.29 is 39.3 Å². The number of hydrogen-bond donors (Lipinski definition) is 7. The molecule has 0 saturated carbocycles. The average molecular weight is 404 g/mol. The summed E-state index contributed by atoms with van der Waals surface area (Å²) in [6, 6.07) is -4.03. The number of rotatable bonds is 12. The van der Waals surface area contributed by atoms with E-state index in [4.69, 9.17) is 15.9 Å². The second-order valence-electron chi connectivity index (χ2n) is 6.41. The highest BCUT2D eigenvalue weighted by atomic mass is 16.4. The van der Waals surface area contributed by atoms with Gasteiger partial charge < -0.3 is 37.0 Å². The molecule has 160 valence electrons. The van der Waals surface area contributed by atoms with Crippen LogP contribution < -0.4 is 21.7 Å². The zero-order valence-corrected chi connectivity index (χ0v) is 16.0. The molecule has 12 nitrogen and oxygen atoms in total. The number of aliphatic hydroxyl groups excluding tert-OH is 1. The van der Waals surface area contributed by atoms with Gasteiger partial charge in [-0.3, -0.25) is 19.2 Å². The van der Waals surface area contributed by atoms with E-state index in [0.717, 1.165) is 0 Å². The lowest BCUT2D eigenvalue weighted by atomic mass is 9.97. The van der Waals surface area contributed by atoms with Gasteiger partial charge in [-0.25, -0.2) is 4.79 Å². The van der Waals surface area contributed by atoms with E-state index in [9.17, 15) is 29.1 Å². The van der Waals surface area contributed by atoms with Crippen molar-refractivity contribution in [3.8, 4) is 0 Å². The fraction of sp³-hybridized carbons (Fsp3) is 0.688. The molecule has 0 saturated heterocycles. The molecule has 0 aliphatic rings. The van der Waals surface area contributed by atoms with Crippen LogP contribution in [0.2, 0.25) is 0 Å². The molecule has 0 rings (SSSR count). The van der Waals surface area contributed by atoms with E-state index in [0.29, 0.717) is 6.42 Å². The molecular weight excluding hydrogens is 376 g/mol. The molecule has 3 amide bonds. The fourth-order valence-electron chi connectivity index (χ4n) is 2.07. The van der Waals surface area contributed by atoms with Gasteiger partial charge >= 0.3 is 11.9 Å². The van der Waals surface area contributed by atoms with Gasteiger partial charge in [0.15, 0.2) is 0 Å². The van der Waals surface area contributed by atoms with E-state index in [2.05, 4.69) is 16.0 Å². The van der Waals surface area contributed by atoms with Crippen LogP contribution in [0.1, 0.15) is 33.6 Å². The minimum absolute atomic E-state index is 0.404. The van der Waals surface area contributed by atoms with E-state index in [-0.39, 0.29) is 0 Å². The van der Waals surface area contributed by atoms with Gasteiger partial charge in [-0.2, -0.15) is 0 Å². The van der Waals surface area contributed by atoms with Crippen molar-refractivity contribution in [2.45, 2.75) is 57.8 Å². The Balaban J connectivity index is 5.00. The van der Waals surface area contributed by atoms with E-state index < -0.39 is 72.8 Å². The van der Waals surface area contributed by atoms with Crippen LogP contribution in [0.5, 0.6) is 0 Å². The Kier molecular flexibility index (Phi) is 10.7. The summed E-state index contributed by atoms with van der Waals surface area (Å²) < 4.78 is 0. The Morgan fingerprint density at radius 2 is 1.57 bits per heavy atom. The normalized spacial score (nSPS) is 16.0. The maximum absolute atomic E-state index is 12.4. The number of carboxylic acids is 2. The molecule has 0 aromatic heterocycles. The van der Waals surface area contributed by atoms with Crippen LogP contribution in [-0.4, -0.2) is 75.8 Å². The molecule has 0 aromatic rings. The maximum atomic E-state index is 12.4. The second kappa shape index (κ2) is 11.9. The van der Waals surface area contributed by atoms with Crippen molar-refractivity contribution in [3.63, 3.8) is 0 Å². The highest BCUT2D eigenvalue weighted by Crippen LogP contribution is 2.09. The Labute approximate surface area is 161 Å². The standard InChI is InChI=1S/C16H28N4O8/c1-4-7(2)13(15(26)19-9(16(27)28)5-11(23)24)20-10(22)6-18-14(25)12(17)8(3)21/h7-9,12-13,21H,4-6,17H2,1-3H3,(H,18,25)(H,19,26)(H,20,22)(H,23,24)(H,27,28). The summed E-state index contributed by atoms with van der Waals surface area (Å²) >= 11 is 0. The highest BCUT2D eigenvalue weighted by Gasteiger charge is 2.31. The number of aliphatic carboxylic acids is 2. The zero-order valence-electron chi connectivity index (χ0n) is 16.0. The smallest absolute Gasteiger partial charge is 0.326 e. The van der Waals surface area contributed by atoms with Gasteiger partial charge in [0.2, 0.25) is 17.7 Å². The number of carbonyl (C=O) groups excluding carboxylic acids is 3. The lowest BCUT2D eigenvalue weighted by molar-refractivity contribution is -0.147. The molecule has 5 unspecified atom stereocenters. The van der Waals surface area contributed by atoms with E-state index >= 15 is 0 Å². The highest BCUT2D eigenvalue weighted by molar-refractivity contribution is 5.93. The van der Waals surface area contributed by atoms with Gasteiger partial charge in [0.1, 0.15) is 18.1 Å². The first-order valence-corrected chi connectivity index (χ1v) is 8.66. The number of nitrogens with one attached hydrogen (secondary N) is 3. The third-order valence-electron chi connectivity index (χ3n) is 4.05. The van der Waals surface area contributed by atoms with E-state index in [1.807, 2.05) is 0 Å². The lowest BCUT2D eigenvalue weighted by Gasteiger charge is -2.25. The summed E-state index contributed by atoms with van der Waals surface area (Å²) in [5.41, 5.74) is 5.43. The molecule has 28 heavy (non-hydrogen) atoms. The maximum Gasteiger partial charge on any atom is 0.326 e. The van der Waals surface area contributed by atoms with Gasteiger partial charge in [-0.1, -0.05) is 20.3 Å². The molecule has 0 fully saturated rings. The van der Waals surface area contributed by atoms with Crippen LogP contribution in [-0.2, 0) is 24.0 Å². The molecule has 0 aliphatic heterocycles. The predicted molar refractivity (Wildman–Crippen MR) is 95.9 cm³/mol. The third kappa shape index (κ3) is 8.77. The third-order valence-corrected chi connectivity index (χ3v) is 4.05. The molecule has 0 aliphatic carbocycles. The Hall–Kier alpha value is -2.73. The summed E-state index contributed by atoms with van der Waals surface area (Å²) in [5.74, 6) is -5.70. The van der Waals surface area contributed by atoms with Gasteiger partial charge in [-0.15, -0.1) is 0 Å². The minimum atomic E-state index is -1.66. The number of aliphatic hydroxyl groups is 1. The summed E-state index contributed by atoms with van der Waals surface area (Å²) in [6.45, 7) is 4.17. The van der Waals surface area contributed by atoms with E-state index in [1.54, 1.807) is 13.8 Å². The Bertz CT molecular complexity index is 595. The van der Waals surface area contributed by atoms with Crippen LogP contribution in [0.25, 0.3) is 0 Å². The van der Waals surface area contributed by atoms with Crippen molar-refractivity contribution in [1.29, 1.82) is 0 Å². The first kappa shape index (κ1) is 25.3. The largest absolute Gasteiger partial charge is 0.481 e. The first-order valence-electron chi connectivity index (χ1n) is 8.66. The van der Waals surface area contributed by atoms with Gasteiger partial charge in [-0.05, 0) is 12.8 Å². The Morgan fingerprint density at radius 1 is 1.00 bits per heavy atom. The van der Waals surface area contributed by atoms with Crippen molar-refractivity contribution in [1.82, 2.24) is 16.0 Å². The average Bonchev–Trinajstić information content (AvgIpc) is 2.61.